The van der Waals surface area contributed by atoms with E-state index >= 15 is 0 Å². The molecule has 0 atom stereocenters. The predicted octanol–water partition coefficient (Wildman–Crippen LogP) is 7.24. The maximum absolute atomic E-state index is 12.3. The summed E-state index contributed by atoms with van der Waals surface area (Å²) in [6.07, 6.45) is 6.21. The van der Waals surface area contributed by atoms with Gasteiger partial charge in [-0.1, -0.05) is 121 Å². The van der Waals surface area contributed by atoms with Gasteiger partial charge in [0.15, 0.2) is 0 Å². The van der Waals surface area contributed by atoms with Crippen LogP contribution in [-0.2, 0) is 20.4 Å². The molecule has 218 valence electrons. The predicted molar refractivity (Wildman–Crippen MR) is 169 cm³/mol. The molecule has 0 radical (unpaired) electrons. The van der Waals surface area contributed by atoms with Crippen molar-refractivity contribution in [3.05, 3.63) is 144 Å². The Balaban J connectivity index is 0.000000157. The van der Waals surface area contributed by atoms with Crippen LogP contribution in [-0.4, -0.2) is 23.3 Å². The average Bonchev–Trinajstić information content (AvgIpc) is 3.35. The van der Waals surface area contributed by atoms with Crippen LogP contribution in [0, 0.1) is 0 Å². The monoisotopic (exact) mass is 570 g/mol. The highest BCUT2D eigenvalue weighted by Crippen LogP contribution is 2.48. The second kappa shape index (κ2) is 12.0. The summed E-state index contributed by atoms with van der Waals surface area (Å²) < 4.78 is 0. The van der Waals surface area contributed by atoms with Gasteiger partial charge < -0.3 is 5.32 Å². The Bertz CT molecular complexity index is 1470. The smallest absolute Gasteiger partial charge is 0.322 e. The first-order valence-electron chi connectivity index (χ1n) is 15.3. The van der Waals surface area contributed by atoms with E-state index in [9.17, 15) is 14.4 Å². The first-order valence-corrected chi connectivity index (χ1v) is 15.3. The van der Waals surface area contributed by atoms with E-state index in [0.29, 0.717) is 31.5 Å². The van der Waals surface area contributed by atoms with Crippen molar-refractivity contribution in [1.29, 1.82) is 0 Å². The van der Waals surface area contributed by atoms with Crippen molar-refractivity contribution in [2.24, 2.45) is 0 Å². The summed E-state index contributed by atoms with van der Waals surface area (Å²) in [5.74, 6) is 0.227. The van der Waals surface area contributed by atoms with E-state index in [2.05, 4.69) is 120 Å². The normalized spacial score (nSPS) is 20.0. The number of benzene rings is 4. The lowest BCUT2D eigenvalue weighted by molar-refractivity contribution is -0.125. The average molecular weight is 571 g/mol. The molecule has 1 spiro atoms. The number of amides is 3. The van der Waals surface area contributed by atoms with Crippen LogP contribution in [0.5, 0.6) is 0 Å². The Morgan fingerprint density at radius 1 is 0.442 bits per heavy atom. The Kier molecular flexibility index (Phi) is 7.98. The number of Topliss-reactive ketones (excluding diaryl/α,β-unsaturated/α-hetero) is 1. The van der Waals surface area contributed by atoms with Gasteiger partial charge in [0.2, 0.25) is 0 Å². The second-order valence-electron chi connectivity index (χ2n) is 12.2. The summed E-state index contributed by atoms with van der Waals surface area (Å²) in [6, 6.07) is 41.9. The lowest BCUT2D eigenvalue weighted by atomic mass is 9.61. The van der Waals surface area contributed by atoms with Crippen LogP contribution in [0.15, 0.2) is 121 Å². The summed E-state index contributed by atoms with van der Waals surface area (Å²) in [6.45, 7) is 0. The molecule has 0 unspecified atom stereocenters. The largest absolute Gasteiger partial charge is 0.323 e. The Morgan fingerprint density at radius 2 is 0.791 bits per heavy atom. The highest BCUT2D eigenvalue weighted by Gasteiger charge is 2.52. The molecule has 4 aromatic carbocycles. The molecule has 7 rings (SSSR count). The zero-order valence-electron chi connectivity index (χ0n) is 24.4. The molecule has 5 heteroatoms. The molecule has 3 aliphatic rings. The van der Waals surface area contributed by atoms with Gasteiger partial charge >= 0.3 is 6.03 Å². The highest BCUT2D eigenvalue weighted by atomic mass is 16.2. The van der Waals surface area contributed by atoms with Crippen LogP contribution in [0.4, 0.5) is 4.79 Å². The third-order valence-electron chi connectivity index (χ3n) is 9.94. The lowest BCUT2D eigenvalue weighted by Crippen LogP contribution is -2.52. The number of hydrogen-bond acceptors (Lipinski definition) is 3. The fraction of sp³-hybridized carbons (Fsp3) is 0.289. The number of hydrogen-bond donors (Lipinski definition) is 2. The molecule has 43 heavy (non-hydrogen) atoms. The minimum absolute atomic E-state index is 0.0242. The van der Waals surface area contributed by atoms with Crippen LogP contribution in [0.2, 0.25) is 0 Å². The van der Waals surface area contributed by atoms with Gasteiger partial charge in [0, 0.05) is 23.7 Å². The summed E-state index contributed by atoms with van der Waals surface area (Å²) >= 11 is 0. The van der Waals surface area contributed by atoms with Gasteiger partial charge in [-0.15, -0.1) is 0 Å². The van der Waals surface area contributed by atoms with Crippen LogP contribution >= 0.6 is 0 Å². The van der Waals surface area contributed by atoms with Crippen LogP contribution in [0.3, 0.4) is 0 Å². The summed E-state index contributed by atoms with van der Waals surface area (Å²) in [5, 5.41) is 5.26. The second-order valence-corrected chi connectivity index (χ2v) is 12.2. The molecule has 2 saturated carbocycles. The fourth-order valence-corrected chi connectivity index (χ4v) is 7.46. The third kappa shape index (κ3) is 5.52. The maximum Gasteiger partial charge on any atom is 0.322 e. The minimum Gasteiger partial charge on any atom is -0.323 e. The van der Waals surface area contributed by atoms with Crippen molar-refractivity contribution in [1.82, 2.24) is 10.6 Å². The van der Waals surface area contributed by atoms with Gasteiger partial charge in [-0.3, -0.25) is 14.9 Å². The molecule has 1 aliphatic heterocycles. The molecular formula is C38H38N2O3. The Hall–Kier alpha value is -4.51. The molecular weight excluding hydrogens is 532 g/mol. The molecule has 3 fully saturated rings. The molecule has 4 aromatic rings. The molecule has 0 bridgehead atoms. The van der Waals surface area contributed by atoms with E-state index in [-0.39, 0.29) is 22.8 Å². The Morgan fingerprint density at radius 3 is 1.12 bits per heavy atom. The van der Waals surface area contributed by atoms with Crippen molar-refractivity contribution < 1.29 is 14.4 Å². The summed E-state index contributed by atoms with van der Waals surface area (Å²) in [5.41, 5.74) is 4.41. The standard InChI is InChI=1S/C20H20N2O2.C18H18O/c23-17-20(22-18(24)21-17)13-11-19(12-14-20,15-7-3-1-4-8-15)16-9-5-2-6-10-16;19-17-11-13-18(14-12-17,15-7-3-1-4-8-15)16-9-5-2-6-10-16/h1-10H,11-14H2,(H2,21,22,23,24);1-10H,11-14H2. The fourth-order valence-electron chi connectivity index (χ4n) is 7.46. The van der Waals surface area contributed by atoms with Crippen molar-refractivity contribution >= 4 is 17.7 Å². The number of ketones is 1. The minimum atomic E-state index is -0.732. The number of nitrogens with one attached hydrogen (secondary N) is 2. The third-order valence-corrected chi connectivity index (χ3v) is 9.94. The maximum atomic E-state index is 12.3. The first-order chi connectivity index (χ1) is 21.0. The number of imide groups is 1. The molecule has 0 aromatic heterocycles. The van der Waals surface area contributed by atoms with E-state index < -0.39 is 5.54 Å². The van der Waals surface area contributed by atoms with Crippen LogP contribution in [0.25, 0.3) is 0 Å². The summed E-state index contributed by atoms with van der Waals surface area (Å²) in [4.78, 5) is 35.4. The number of carbonyl (C=O) groups is 3. The molecule has 1 heterocycles. The van der Waals surface area contributed by atoms with Gasteiger partial charge in [0.25, 0.3) is 5.91 Å². The van der Waals surface area contributed by atoms with Crippen molar-refractivity contribution in [2.45, 2.75) is 67.7 Å². The number of rotatable bonds is 4. The van der Waals surface area contributed by atoms with E-state index in [1.807, 2.05) is 12.1 Å². The number of carbonyl (C=O) groups excluding carboxylic acids is 3. The van der Waals surface area contributed by atoms with Crippen LogP contribution in [0.1, 0.15) is 73.6 Å². The SMILES string of the molecule is O=C1CCC(c2ccccc2)(c2ccccc2)CC1.O=C1NC(=O)C2(CCC(c3ccccc3)(c3ccccc3)CC2)N1. The topological polar surface area (TPSA) is 75.3 Å². The molecule has 2 N–H and O–H groups in total. The van der Waals surface area contributed by atoms with Crippen molar-refractivity contribution in [2.75, 3.05) is 0 Å². The van der Waals surface area contributed by atoms with Gasteiger partial charge in [-0.25, -0.2) is 4.79 Å². The zero-order valence-corrected chi connectivity index (χ0v) is 24.4. The lowest BCUT2D eigenvalue weighted by Gasteiger charge is -2.44. The van der Waals surface area contributed by atoms with Gasteiger partial charge in [0.1, 0.15) is 11.3 Å². The molecule has 1 saturated heterocycles. The van der Waals surface area contributed by atoms with Gasteiger partial charge in [0.05, 0.1) is 0 Å². The Labute approximate surface area is 253 Å². The van der Waals surface area contributed by atoms with E-state index in [1.54, 1.807) is 0 Å². The quantitative estimate of drug-likeness (QED) is 0.254. The molecule has 2 aliphatic carbocycles. The summed E-state index contributed by atoms with van der Waals surface area (Å²) in [7, 11) is 0. The number of urea groups is 1. The van der Waals surface area contributed by atoms with E-state index in [4.69, 9.17) is 0 Å². The highest BCUT2D eigenvalue weighted by molar-refractivity contribution is 6.07. The van der Waals surface area contributed by atoms with Crippen LogP contribution < -0.4 is 10.6 Å². The first kappa shape index (κ1) is 28.6. The zero-order chi connectivity index (χ0) is 29.8. The van der Waals surface area contributed by atoms with Gasteiger partial charge in [-0.05, 0) is 60.8 Å². The van der Waals surface area contributed by atoms with Crippen molar-refractivity contribution in [3.8, 4) is 0 Å². The van der Waals surface area contributed by atoms with E-state index in [1.165, 1.54) is 22.3 Å². The van der Waals surface area contributed by atoms with Gasteiger partial charge in [-0.2, -0.15) is 0 Å². The molecule has 5 nitrogen and oxygen atoms in total. The molecule has 3 amide bonds. The van der Waals surface area contributed by atoms with Crippen molar-refractivity contribution in [3.63, 3.8) is 0 Å². The van der Waals surface area contributed by atoms with E-state index in [0.717, 1.165) is 25.7 Å².